The average Bonchev–Trinajstić information content (AvgIpc) is 2.61. The molecule has 23 heavy (non-hydrogen) atoms. The number of carbonyl (C=O) groups excluding carboxylic acids is 1. The van der Waals surface area contributed by atoms with Gasteiger partial charge >= 0.3 is 0 Å². The first-order chi connectivity index (χ1) is 11.2. The van der Waals surface area contributed by atoms with Crippen LogP contribution in [0.5, 0.6) is 0 Å². The van der Waals surface area contributed by atoms with Crippen molar-refractivity contribution in [3.8, 4) is 0 Å². The largest absolute Gasteiger partial charge is 0.370 e. The van der Waals surface area contributed by atoms with Crippen LogP contribution in [0.3, 0.4) is 0 Å². The molecule has 2 aromatic heterocycles. The van der Waals surface area contributed by atoms with Crippen molar-refractivity contribution in [2.24, 2.45) is 5.92 Å². The first-order valence-corrected chi connectivity index (χ1v) is 8.09. The fraction of sp³-hybridized carbons (Fsp3) is 0.389. The summed E-state index contributed by atoms with van der Waals surface area (Å²) >= 11 is 0. The number of piperidine rings is 1. The number of hydrogen-bond acceptors (Lipinski definition) is 4. The lowest BCUT2D eigenvalue weighted by molar-refractivity contribution is 0.0950. The maximum Gasteiger partial charge on any atom is 0.253 e. The molecule has 0 saturated carbocycles. The maximum atomic E-state index is 12.3. The number of pyridine rings is 2. The standard InChI is InChI=1S/C18H22N4O/c1-14-4-3-7-22(13-14)17-8-16(11-20-12-17)18(23)21-10-15-5-2-6-19-9-15/h2,5-6,8-9,11-12,14H,3-4,7,10,13H2,1H3,(H,21,23). The van der Waals surface area contributed by atoms with Gasteiger partial charge in [0.05, 0.1) is 17.4 Å². The van der Waals surface area contributed by atoms with Crippen LogP contribution in [0.25, 0.3) is 0 Å². The van der Waals surface area contributed by atoms with Gasteiger partial charge in [-0.25, -0.2) is 0 Å². The number of aromatic nitrogens is 2. The fourth-order valence-electron chi connectivity index (χ4n) is 2.94. The quantitative estimate of drug-likeness (QED) is 0.943. The van der Waals surface area contributed by atoms with Crippen LogP contribution in [0, 0.1) is 5.92 Å². The number of nitrogens with one attached hydrogen (secondary N) is 1. The molecule has 1 atom stereocenters. The van der Waals surface area contributed by atoms with Gasteiger partial charge in [0.25, 0.3) is 5.91 Å². The maximum absolute atomic E-state index is 12.3. The number of amides is 1. The van der Waals surface area contributed by atoms with Gasteiger partial charge in [-0.05, 0) is 36.5 Å². The molecular formula is C18H22N4O. The third kappa shape index (κ3) is 4.06. The van der Waals surface area contributed by atoms with Crippen molar-refractivity contribution >= 4 is 11.6 Å². The van der Waals surface area contributed by atoms with E-state index in [4.69, 9.17) is 0 Å². The highest BCUT2D eigenvalue weighted by atomic mass is 16.1. The smallest absolute Gasteiger partial charge is 0.253 e. The van der Waals surface area contributed by atoms with Crippen LogP contribution >= 0.6 is 0 Å². The van der Waals surface area contributed by atoms with Crippen LogP contribution in [-0.2, 0) is 6.54 Å². The number of nitrogens with zero attached hydrogens (tertiary/aromatic N) is 3. The molecule has 1 aliphatic rings. The summed E-state index contributed by atoms with van der Waals surface area (Å²) in [6.07, 6.45) is 9.40. The monoisotopic (exact) mass is 310 g/mol. The molecule has 1 unspecified atom stereocenters. The second-order valence-electron chi connectivity index (χ2n) is 6.17. The summed E-state index contributed by atoms with van der Waals surface area (Å²) in [7, 11) is 0. The summed E-state index contributed by atoms with van der Waals surface area (Å²) in [5, 5.41) is 2.92. The Hall–Kier alpha value is -2.43. The van der Waals surface area contributed by atoms with Crippen LogP contribution in [0.4, 0.5) is 5.69 Å². The summed E-state index contributed by atoms with van der Waals surface area (Å²) < 4.78 is 0. The number of carbonyl (C=O) groups is 1. The van der Waals surface area contributed by atoms with E-state index >= 15 is 0 Å². The van der Waals surface area contributed by atoms with Gasteiger partial charge in [0, 0.05) is 38.2 Å². The van der Waals surface area contributed by atoms with Gasteiger partial charge in [0.1, 0.15) is 0 Å². The van der Waals surface area contributed by atoms with Crippen molar-refractivity contribution in [1.82, 2.24) is 15.3 Å². The normalized spacial score (nSPS) is 17.8. The topological polar surface area (TPSA) is 58.1 Å². The lowest BCUT2D eigenvalue weighted by Crippen LogP contribution is -2.34. The van der Waals surface area contributed by atoms with E-state index < -0.39 is 0 Å². The van der Waals surface area contributed by atoms with E-state index in [9.17, 15) is 4.79 Å². The van der Waals surface area contributed by atoms with Gasteiger partial charge in [-0.1, -0.05) is 13.0 Å². The Balaban J connectivity index is 1.65. The Morgan fingerprint density at radius 2 is 2.26 bits per heavy atom. The summed E-state index contributed by atoms with van der Waals surface area (Å²) in [6.45, 7) is 4.80. The molecule has 1 fully saturated rings. The molecule has 1 aliphatic heterocycles. The van der Waals surface area contributed by atoms with Gasteiger partial charge in [0.15, 0.2) is 0 Å². The van der Waals surface area contributed by atoms with Gasteiger partial charge in [-0.3, -0.25) is 14.8 Å². The van der Waals surface area contributed by atoms with Crippen LogP contribution in [0.2, 0.25) is 0 Å². The zero-order valence-electron chi connectivity index (χ0n) is 13.4. The van der Waals surface area contributed by atoms with Crippen molar-refractivity contribution in [3.63, 3.8) is 0 Å². The average molecular weight is 310 g/mol. The minimum atomic E-state index is -0.103. The predicted octanol–water partition coefficient (Wildman–Crippen LogP) is 2.64. The van der Waals surface area contributed by atoms with Gasteiger partial charge in [0.2, 0.25) is 0 Å². The molecule has 1 saturated heterocycles. The Bertz CT molecular complexity index is 659. The second kappa shape index (κ2) is 7.22. The molecule has 0 bridgehead atoms. The van der Waals surface area contributed by atoms with Crippen molar-refractivity contribution in [2.75, 3.05) is 18.0 Å². The van der Waals surface area contributed by atoms with Gasteiger partial charge in [-0.15, -0.1) is 0 Å². The summed E-state index contributed by atoms with van der Waals surface area (Å²) in [6, 6.07) is 5.74. The molecular weight excluding hydrogens is 288 g/mol. The molecule has 1 amide bonds. The first-order valence-electron chi connectivity index (χ1n) is 8.09. The Morgan fingerprint density at radius 3 is 3.04 bits per heavy atom. The number of anilines is 1. The van der Waals surface area contributed by atoms with E-state index in [0.29, 0.717) is 18.0 Å². The van der Waals surface area contributed by atoms with E-state index in [1.165, 1.54) is 12.8 Å². The Morgan fingerprint density at radius 1 is 1.35 bits per heavy atom. The zero-order chi connectivity index (χ0) is 16.1. The van der Waals surface area contributed by atoms with Crippen LogP contribution < -0.4 is 10.2 Å². The Labute approximate surface area is 136 Å². The number of rotatable bonds is 4. The minimum Gasteiger partial charge on any atom is -0.370 e. The van der Waals surface area contributed by atoms with E-state index in [2.05, 4.69) is 27.1 Å². The highest BCUT2D eigenvalue weighted by Gasteiger charge is 2.18. The van der Waals surface area contributed by atoms with E-state index in [0.717, 1.165) is 24.3 Å². The molecule has 3 heterocycles. The highest BCUT2D eigenvalue weighted by Crippen LogP contribution is 2.22. The van der Waals surface area contributed by atoms with Crippen molar-refractivity contribution < 1.29 is 4.79 Å². The van der Waals surface area contributed by atoms with Gasteiger partial charge < -0.3 is 10.2 Å². The molecule has 0 aliphatic carbocycles. The first kappa shape index (κ1) is 15.5. The Kier molecular flexibility index (Phi) is 4.86. The van der Waals surface area contributed by atoms with Gasteiger partial charge in [-0.2, -0.15) is 0 Å². The lowest BCUT2D eigenvalue weighted by atomic mass is 10.00. The molecule has 1 N–H and O–H groups in total. The molecule has 2 aromatic rings. The summed E-state index contributed by atoms with van der Waals surface area (Å²) in [5.41, 5.74) is 2.62. The molecule has 0 aromatic carbocycles. The highest BCUT2D eigenvalue weighted by molar-refractivity contribution is 5.94. The van der Waals surface area contributed by atoms with E-state index in [1.54, 1.807) is 18.6 Å². The van der Waals surface area contributed by atoms with Crippen molar-refractivity contribution in [1.29, 1.82) is 0 Å². The molecule has 5 nitrogen and oxygen atoms in total. The SMILES string of the molecule is CC1CCCN(c2cncc(C(=O)NCc3cccnc3)c2)C1. The van der Waals surface area contributed by atoms with Crippen LogP contribution in [-0.4, -0.2) is 29.0 Å². The third-order valence-electron chi connectivity index (χ3n) is 4.18. The predicted molar refractivity (Wildman–Crippen MR) is 90.3 cm³/mol. The molecule has 5 heteroatoms. The number of hydrogen-bond donors (Lipinski definition) is 1. The van der Waals surface area contributed by atoms with Crippen LogP contribution in [0.15, 0.2) is 43.0 Å². The van der Waals surface area contributed by atoms with E-state index in [1.807, 2.05) is 24.4 Å². The summed E-state index contributed by atoms with van der Waals surface area (Å²) in [4.78, 5) is 22.9. The molecule has 120 valence electrons. The molecule has 3 rings (SSSR count). The van der Waals surface area contributed by atoms with E-state index in [-0.39, 0.29) is 5.91 Å². The lowest BCUT2D eigenvalue weighted by Gasteiger charge is -2.32. The third-order valence-corrected chi connectivity index (χ3v) is 4.18. The molecule has 0 radical (unpaired) electrons. The fourth-order valence-corrected chi connectivity index (χ4v) is 2.94. The summed E-state index contributed by atoms with van der Waals surface area (Å²) in [5.74, 6) is 0.583. The van der Waals surface area contributed by atoms with Crippen LogP contribution in [0.1, 0.15) is 35.7 Å². The minimum absolute atomic E-state index is 0.103. The second-order valence-corrected chi connectivity index (χ2v) is 6.17. The molecule has 0 spiro atoms. The van der Waals surface area contributed by atoms with Crippen molar-refractivity contribution in [3.05, 3.63) is 54.1 Å². The zero-order valence-corrected chi connectivity index (χ0v) is 13.4. The van der Waals surface area contributed by atoms with Crippen molar-refractivity contribution in [2.45, 2.75) is 26.3 Å².